The number of carbonyl (C=O) groups is 1. The van der Waals surface area contributed by atoms with Gasteiger partial charge in [0.25, 0.3) is 0 Å². The number of nitrogens with zero attached hydrogens (tertiary/aromatic N) is 1. The Morgan fingerprint density at radius 3 is 2.58 bits per heavy atom. The summed E-state index contributed by atoms with van der Waals surface area (Å²) >= 11 is 1.84. The summed E-state index contributed by atoms with van der Waals surface area (Å²) in [5.41, 5.74) is 0. The highest BCUT2D eigenvalue weighted by Gasteiger charge is 2.32. The minimum atomic E-state index is 0.287. The first-order valence-corrected chi connectivity index (χ1v) is 5.69. The van der Waals surface area contributed by atoms with Crippen LogP contribution in [0.2, 0.25) is 0 Å². The van der Waals surface area contributed by atoms with Gasteiger partial charge in [0.2, 0.25) is 5.91 Å². The van der Waals surface area contributed by atoms with Crippen molar-refractivity contribution in [2.45, 2.75) is 24.5 Å². The fourth-order valence-electron chi connectivity index (χ4n) is 1.82. The summed E-state index contributed by atoms with van der Waals surface area (Å²) in [7, 11) is 3.69. The molecule has 1 fully saturated rings. The monoisotopic (exact) mass is 187 g/mol. The van der Waals surface area contributed by atoms with Gasteiger partial charge in [0.05, 0.1) is 0 Å². The van der Waals surface area contributed by atoms with Crippen molar-refractivity contribution in [3.8, 4) is 0 Å². The standard InChI is InChI=1S/C9H17NOS/c1-10(2)9(11)7-5-4-6-8(7)12-3/h7-8H,4-6H2,1-3H3. The number of hydrogen-bond donors (Lipinski definition) is 0. The van der Waals surface area contributed by atoms with E-state index in [1.807, 2.05) is 25.9 Å². The quantitative estimate of drug-likeness (QED) is 0.654. The maximum atomic E-state index is 11.6. The van der Waals surface area contributed by atoms with Gasteiger partial charge in [0.15, 0.2) is 0 Å². The van der Waals surface area contributed by atoms with Crippen molar-refractivity contribution in [2.75, 3.05) is 20.4 Å². The van der Waals surface area contributed by atoms with E-state index in [4.69, 9.17) is 0 Å². The van der Waals surface area contributed by atoms with Gasteiger partial charge in [-0.25, -0.2) is 0 Å². The lowest BCUT2D eigenvalue weighted by molar-refractivity contribution is -0.132. The van der Waals surface area contributed by atoms with E-state index in [1.165, 1.54) is 12.8 Å². The normalized spacial score (nSPS) is 28.9. The van der Waals surface area contributed by atoms with Gasteiger partial charge in [0.1, 0.15) is 0 Å². The zero-order chi connectivity index (χ0) is 9.14. The number of thioether (sulfide) groups is 1. The highest BCUT2D eigenvalue weighted by molar-refractivity contribution is 7.99. The Morgan fingerprint density at radius 2 is 2.08 bits per heavy atom. The van der Waals surface area contributed by atoms with Gasteiger partial charge in [-0.05, 0) is 19.1 Å². The van der Waals surface area contributed by atoms with Crippen molar-refractivity contribution >= 4 is 17.7 Å². The number of amides is 1. The molecule has 2 nitrogen and oxygen atoms in total. The second-order valence-electron chi connectivity index (χ2n) is 3.54. The van der Waals surface area contributed by atoms with Crippen molar-refractivity contribution in [3.05, 3.63) is 0 Å². The van der Waals surface area contributed by atoms with Crippen molar-refractivity contribution in [1.82, 2.24) is 4.90 Å². The molecule has 0 spiro atoms. The van der Waals surface area contributed by atoms with Crippen molar-refractivity contribution < 1.29 is 4.79 Å². The molecule has 0 aliphatic heterocycles. The highest BCUT2D eigenvalue weighted by atomic mass is 32.2. The molecule has 0 heterocycles. The van der Waals surface area contributed by atoms with Gasteiger partial charge in [0, 0.05) is 25.3 Å². The second-order valence-corrected chi connectivity index (χ2v) is 4.62. The van der Waals surface area contributed by atoms with Gasteiger partial charge in [-0.3, -0.25) is 4.79 Å². The second kappa shape index (κ2) is 4.17. The summed E-state index contributed by atoms with van der Waals surface area (Å²) in [5, 5.41) is 0.569. The molecule has 0 aromatic rings. The SMILES string of the molecule is CSC1CCCC1C(=O)N(C)C. The lowest BCUT2D eigenvalue weighted by atomic mass is 10.1. The third-order valence-corrected chi connectivity index (χ3v) is 3.68. The zero-order valence-corrected chi connectivity index (χ0v) is 8.86. The van der Waals surface area contributed by atoms with Gasteiger partial charge >= 0.3 is 0 Å². The molecule has 1 amide bonds. The summed E-state index contributed by atoms with van der Waals surface area (Å²) < 4.78 is 0. The lowest BCUT2D eigenvalue weighted by Gasteiger charge is -2.20. The first-order valence-electron chi connectivity index (χ1n) is 4.40. The molecule has 1 aliphatic carbocycles. The van der Waals surface area contributed by atoms with Crippen LogP contribution in [0.15, 0.2) is 0 Å². The molecular formula is C9H17NOS. The van der Waals surface area contributed by atoms with E-state index in [9.17, 15) is 4.79 Å². The van der Waals surface area contributed by atoms with E-state index in [-0.39, 0.29) is 5.92 Å². The Bertz CT molecular complexity index is 170. The van der Waals surface area contributed by atoms with E-state index < -0.39 is 0 Å². The molecule has 0 bridgehead atoms. The predicted octanol–water partition coefficient (Wildman–Crippen LogP) is 1.61. The van der Waals surface area contributed by atoms with Crippen LogP contribution in [0.4, 0.5) is 0 Å². The van der Waals surface area contributed by atoms with Crippen molar-refractivity contribution in [3.63, 3.8) is 0 Å². The topological polar surface area (TPSA) is 20.3 Å². The minimum Gasteiger partial charge on any atom is -0.349 e. The van der Waals surface area contributed by atoms with E-state index >= 15 is 0 Å². The molecule has 1 saturated carbocycles. The van der Waals surface area contributed by atoms with Crippen LogP contribution in [0.5, 0.6) is 0 Å². The molecular weight excluding hydrogens is 170 g/mol. The number of carbonyl (C=O) groups excluding carboxylic acids is 1. The average molecular weight is 187 g/mol. The average Bonchev–Trinajstić information content (AvgIpc) is 2.49. The van der Waals surface area contributed by atoms with E-state index in [0.29, 0.717) is 11.2 Å². The Balaban J connectivity index is 2.55. The van der Waals surface area contributed by atoms with Crippen LogP contribution in [-0.4, -0.2) is 36.4 Å². The molecule has 0 radical (unpaired) electrons. The zero-order valence-electron chi connectivity index (χ0n) is 8.04. The lowest BCUT2D eigenvalue weighted by Crippen LogP contribution is -2.32. The first kappa shape index (κ1) is 9.90. The molecule has 2 unspecified atom stereocenters. The molecule has 0 N–H and O–H groups in total. The maximum Gasteiger partial charge on any atom is 0.226 e. The molecule has 70 valence electrons. The van der Waals surface area contributed by atoms with E-state index in [0.717, 1.165) is 6.42 Å². The van der Waals surface area contributed by atoms with E-state index in [1.54, 1.807) is 4.90 Å². The van der Waals surface area contributed by atoms with Crippen LogP contribution in [0.25, 0.3) is 0 Å². The van der Waals surface area contributed by atoms with Crippen LogP contribution >= 0.6 is 11.8 Å². The van der Waals surface area contributed by atoms with Crippen LogP contribution in [0.1, 0.15) is 19.3 Å². The third-order valence-electron chi connectivity index (χ3n) is 2.51. The maximum absolute atomic E-state index is 11.6. The highest BCUT2D eigenvalue weighted by Crippen LogP contribution is 2.34. The number of hydrogen-bond acceptors (Lipinski definition) is 2. The molecule has 0 aromatic heterocycles. The summed E-state index contributed by atoms with van der Waals surface area (Å²) in [4.78, 5) is 13.3. The van der Waals surface area contributed by atoms with Crippen molar-refractivity contribution in [2.24, 2.45) is 5.92 Å². The van der Waals surface area contributed by atoms with Crippen molar-refractivity contribution in [1.29, 1.82) is 0 Å². The fourth-order valence-corrected chi connectivity index (χ4v) is 2.81. The summed E-state index contributed by atoms with van der Waals surface area (Å²) in [6.07, 6.45) is 5.62. The summed E-state index contributed by atoms with van der Waals surface area (Å²) in [5.74, 6) is 0.599. The molecule has 0 aromatic carbocycles. The van der Waals surface area contributed by atoms with E-state index in [2.05, 4.69) is 6.26 Å². The third kappa shape index (κ3) is 1.94. The molecule has 2 atom stereocenters. The Hall–Kier alpha value is -0.180. The van der Waals surface area contributed by atoms with Gasteiger partial charge < -0.3 is 4.90 Å². The van der Waals surface area contributed by atoms with Crippen LogP contribution in [0, 0.1) is 5.92 Å². The Labute approximate surface area is 78.7 Å². The Morgan fingerprint density at radius 1 is 1.42 bits per heavy atom. The Kier molecular flexibility index (Phi) is 3.44. The molecule has 0 saturated heterocycles. The van der Waals surface area contributed by atoms with Gasteiger partial charge in [-0.15, -0.1) is 0 Å². The van der Waals surface area contributed by atoms with Crippen LogP contribution in [-0.2, 0) is 4.79 Å². The summed E-state index contributed by atoms with van der Waals surface area (Å²) in [6.45, 7) is 0. The number of rotatable bonds is 2. The molecule has 12 heavy (non-hydrogen) atoms. The minimum absolute atomic E-state index is 0.287. The van der Waals surface area contributed by atoms with Crippen LogP contribution < -0.4 is 0 Å². The van der Waals surface area contributed by atoms with Gasteiger partial charge in [-0.1, -0.05) is 6.42 Å². The smallest absolute Gasteiger partial charge is 0.226 e. The summed E-state index contributed by atoms with van der Waals surface area (Å²) in [6, 6.07) is 0. The predicted molar refractivity (Wildman–Crippen MR) is 53.3 cm³/mol. The first-order chi connectivity index (χ1) is 5.66. The molecule has 1 rings (SSSR count). The largest absolute Gasteiger partial charge is 0.349 e. The van der Waals surface area contributed by atoms with Gasteiger partial charge in [-0.2, -0.15) is 11.8 Å². The molecule has 1 aliphatic rings. The molecule has 3 heteroatoms. The van der Waals surface area contributed by atoms with Crippen LogP contribution in [0.3, 0.4) is 0 Å². The fraction of sp³-hybridized carbons (Fsp3) is 0.889.